The van der Waals surface area contributed by atoms with E-state index in [0.29, 0.717) is 11.6 Å². The molecule has 2 aromatic heterocycles. The molecule has 5 rings (SSSR count). The number of fused-ring (bicyclic) bond motifs is 3. The van der Waals surface area contributed by atoms with Crippen molar-refractivity contribution in [2.45, 2.75) is 44.9 Å². The molecule has 0 radical (unpaired) electrons. The molecule has 29 heavy (non-hydrogen) atoms. The molecule has 0 aliphatic heterocycles. The Morgan fingerprint density at radius 2 is 1.86 bits per heavy atom. The highest BCUT2D eigenvalue weighted by atomic mass is 16.3. The normalized spacial score (nSPS) is 15.1. The lowest BCUT2D eigenvalue weighted by Crippen LogP contribution is -2.30. The second kappa shape index (κ2) is 7.04. The first-order valence-electron chi connectivity index (χ1n) is 10.5. The maximum absolute atomic E-state index is 7.62. The summed E-state index contributed by atoms with van der Waals surface area (Å²) in [5.74, 6) is 0.501. The molecule has 2 aromatic carbocycles. The van der Waals surface area contributed by atoms with Crippen molar-refractivity contribution in [3.8, 4) is 11.3 Å². The summed E-state index contributed by atoms with van der Waals surface area (Å²) in [6, 6.07) is 14.7. The molecule has 0 N–H and O–H groups in total. The fourth-order valence-electron chi connectivity index (χ4n) is 4.90. The van der Waals surface area contributed by atoms with E-state index in [1.54, 1.807) is 0 Å². The third kappa shape index (κ3) is 3.00. The molecule has 1 aliphatic rings. The van der Waals surface area contributed by atoms with E-state index >= 15 is 0 Å². The Morgan fingerprint density at radius 3 is 2.62 bits per heavy atom. The number of nitrogens with zero attached hydrogens (tertiary/aromatic N) is 2. The van der Waals surface area contributed by atoms with Gasteiger partial charge in [0.15, 0.2) is 11.9 Å². The minimum atomic E-state index is 0.501. The van der Waals surface area contributed by atoms with E-state index in [2.05, 4.69) is 59.9 Å². The van der Waals surface area contributed by atoms with Gasteiger partial charge in [-0.15, -0.1) is 0 Å². The smallest absolute Gasteiger partial charge is 0.212 e. The second-order valence-electron chi connectivity index (χ2n) is 8.32. The number of benzene rings is 2. The minimum absolute atomic E-state index is 0.501. The monoisotopic (exact) mass is 381 g/mol. The molecule has 1 saturated carbocycles. The summed E-state index contributed by atoms with van der Waals surface area (Å²) >= 11 is 0. The van der Waals surface area contributed by atoms with E-state index in [0.717, 1.165) is 21.9 Å². The Balaban J connectivity index is 1.79. The van der Waals surface area contributed by atoms with E-state index in [1.165, 1.54) is 54.5 Å². The van der Waals surface area contributed by atoms with Crippen LogP contribution in [0.4, 0.5) is 5.69 Å². The highest BCUT2D eigenvalue weighted by molar-refractivity contribution is 6.08. The van der Waals surface area contributed by atoms with Crippen LogP contribution in [0.1, 0.15) is 49.1 Å². The molecule has 1 aliphatic carbocycles. The number of hydrogen-bond donors (Lipinski definition) is 0. The third-order valence-corrected chi connectivity index (χ3v) is 6.44. The van der Waals surface area contributed by atoms with Crippen LogP contribution in [0.3, 0.4) is 0 Å². The Bertz CT molecular complexity index is 1270. The number of pyridine rings is 1. The van der Waals surface area contributed by atoms with Gasteiger partial charge in [-0.25, -0.2) is 9.41 Å². The lowest BCUT2D eigenvalue weighted by atomic mass is 9.83. The zero-order valence-electron chi connectivity index (χ0n) is 17.0. The van der Waals surface area contributed by atoms with Crippen LogP contribution in [0.15, 0.2) is 53.1 Å². The summed E-state index contributed by atoms with van der Waals surface area (Å²) in [6.45, 7) is 9.76. The number of aryl methyl sites for hydroxylation is 2. The molecule has 3 heteroatoms. The lowest BCUT2D eigenvalue weighted by Gasteiger charge is -2.22. The summed E-state index contributed by atoms with van der Waals surface area (Å²) in [5, 5.41) is 2.18. The van der Waals surface area contributed by atoms with Crippen LogP contribution in [0.25, 0.3) is 38.0 Å². The van der Waals surface area contributed by atoms with Gasteiger partial charge in [0.25, 0.3) is 0 Å². The third-order valence-electron chi connectivity index (χ3n) is 6.44. The Hall–Kier alpha value is -3.12. The average molecular weight is 381 g/mol. The van der Waals surface area contributed by atoms with E-state index in [1.807, 2.05) is 12.1 Å². The lowest BCUT2D eigenvalue weighted by molar-refractivity contribution is -0.660. The molecule has 4 aromatic rings. The molecular weight excluding hydrogens is 356 g/mol. The SMILES string of the molecule is [C-]#[N+]c1cc(C2CCCCC2)c2oc3cc(C)c(-c4cccc[n+]4C)cc3c2c1. The van der Waals surface area contributed by atoms with E-state index in [9.17, 15) is 0 Å². The van der Waals surface area contributed by atoms with Crippen molar-refractivity contribution in [2.24, 2.45) is 7.05 Å². The second-order valence-corrected chi connectivity index (χ2v) is 8.32. The molecule has 0 atom stereocenters. The van der Waals surface area contributed by atoms with Gasteiger partial charge in [-0.3, -0.25) is 0 Å². The van der Waals surface area contributed by atoms with Crippen molar-refractivity contribution >= 4 is 27.6 Å². The predicted octanol–water partition coefficient (Wildman–Crippen LogP) is 6.98. The molecule has 0 spiro atoms. The average Bonchev–Trinajstić information content (AvgIpc) is 3.10. The number of aromatic nitrogens is 1. The Morgan fingerprint density at radius 1 is 1.03 bits per heavy atom. The predicted molar refractivity (Wildman–Crippen MR) is 117 cm³/mol. The molecule has 2 heterocycles. The van der Waals surface area contributed by atoms with E-state index in [4.69, 9.17) is 11.0 Å². The van der Waals surface area contributed by atoms with E-state index < -0.39 is 0 Å². The molecular formula is C26H25N2O+. The maximum Gasteiger partial charge on any atom is 0.212 e. The first-order chi connectivity index (χ1) is 14.2. The van der Waals surface area contributed by atoms with Crippen molar-refractivity contribution in [2.75, 3.05) is 0 Å². The molecule has 0 bridgehead atoms. The van der Waals surface area contributed by atoms with Crippen LogP contribution < -0.4 is 4.57 Å². The van der Waals surface area contributed by atoms with Crippen molar-refractivity contribution in [1.82, 2.24) is 0 Å². The number of rotatable bonds is 2. The van der Waals surface area contributed by atoms with Crippen LogP contribution in [-0.4, -0.2) is 0 Å². The molecule has 0 amide bonds. The Labute approximate surface area is 171 Å². The van der Waals surface area contributed by atoms with Crippen molar-refractivity contribution in [1.29, 1.82) is 0 Å². The van der Waals surface area contributed by atoms with Crippen LogP contribution in [0.2, 0.25) is 0 Å². The van der Waals surface area contributed by atoms with Crippen molar-refractivity contribution < 1.29 is 8.98 Å². The van der Waals surface area contributed by atoms with Crippen LogP contribution in [0.5, 0.6) is 0 Å². The first-order valence-corrected chi connectivity index (χ1v) is 10.5. The van der Waals surface area contributed by atoms with Gasteiger partial charge in [-0.1, -0.05) is 19.3 Å². The largest absolute Gasteiger partial charge is 0.456 e. The van der Waals surface area contributed by atoms with Crippen LogP contribution in [-0.2, 0) is 7.05 Å². The summed E-state index contributed by atoms with van der Waals surface area (Å²) < 4.78 is 8.58. The van der Waals surface area contributed by atoms with Crippen LogP contribution in [0, 0.1) is 13.5 Å². The summed E-state index contributed by atoms with van der Waals surface area (Å²) in [5.41, 5.74) is 7.42. The zero-order valence-corrected chi connectivity index (χ0v) is 17.0. The Kier molecular flexibility index (Phi) is 4.36. The van der Waals surface area contributed by atoms with Gasteiger partial charge >= 0.3 is 0 Å². The molecule has 1 fully saturated rings. The number of furan rings is 1. The summed E-state index contributed by atoms with van der Waals surface area (Å²) in [4.78, 5) is 3.78. The maximum atomic E-state index is 7.62. The molecule has 3 nitrogen and oxygen atoms in total. The molecule has 144 valence electrons. The van der Waals surface area contributed by atoms with Gasteiger partial charge in [0, 0.05) is 28.5 Å². The number of hydrogen-bond acceptors (Lipinski definition) is 1. The van der Waals surface area contributed by atoms with Gasteiger partial charge in [-0.05, 0) is 67.1 Å². The highest BCUT2D eigenvalue weighted by Gasteiger charge is 2.23. The molecule has 0 unspecified atom stereocenters. The molecule has 0 saturated heterocycles. The topological polar surface area (TPSA) is 21.4 Å². The van der Waals surface area contributed by atoms with E-state index in [-0.39, 0.29) is 0 Å². The van der Waals surface area contributed by atoms with Crippen molar-refractivity contribution in [3.63, 3.8) is 0 Å². The quantitative estimate of drug-likeness (QED) is 0.271. The fraction of sp³-hybridized carbons (Fsp3) is 0.308. The summed E-state index contributed by atoms with van der Waals surface area (Å²) in [7, 11) is 2.07. The highest BCUT2D eigenvalue weighted by Crippen LogP contribution is 2.43. The van der Waals surface area contributed by atoms with Gasteiger partial charge in [0.2, 0.25) is 5.69 Å². The van der Waals surface area contributed by atoms with Gasteiger partial charge in [0.1, 0.15) is 18.2 Å². The van der Waals surface area contributed by atoms with Gasteiger partial charge in [0.05, 0.1) is 6.57 Å². The van der Waals surface area contributed by atoms with Crippen LogP contribution >= 0.6 is 0 Å². The van der Waals surface area contributed by atoms with Gasteiger partial charge < -0.3 is 4.42 Å². The summed E-state index contributed by atoms with van der Waals surface area (Å²) in [6.07, 6.45) is 8.31. The zero-order chi connectivity index (χ0) is 20.0. The fourth-order valence-corrected chi connectivity index (χ4v) is 4.90. The standard InChI is InChI=1S/C26H25N2O/c1-17-13-25-22(16-20(17)24-11-7-8-12-28(24)3)23-15-19(27-2)14-21(26(23)29-25)18-9-5-4-6-10-18/h7-8,11-16,18H,4-6,9-10H2,1,3H3/q+1. The van der Waals surface area contributed by atoms with Gasteiger partial charge in [-0.2, -0.15) is 0 Å². The minimum Gasteiger partial charge on any atom is -0.456 e. The first kappa shape index (κ1) is 17.9. The van der Waals surface area contributed by atoms with Crippen molar-refractivity contribution in [3.05, 3.63) is 71.2 Å².